The first-order valence-corrected chi connectivity index (χ1v) is 9.86. The van der Waals surface area contributed by atoms with E-state index in [-0.39, 0.29) is 12.0 Å². The zero-order valence-corrected chi connectivity index (χ0v) is 16.8. The molecule has 0 amide bonds. The molecule has 1 aliphatic heterocycles. The fraction of sp³-hybridized carbons (Fsp3) is 0.292. The van der Waals surface area contributed by atoms with Gasteiger partial charge in [-0.15, -0.1) is 0 Å². The summed E-state index contributed by atoms with van der Waals surface area (Å²) in [5, 5.41) is 4.42. The lowest BCUT2D eigenvalue weighted by Crippen LogP contribution is -2.24. The van der Waals surface area contributed by atoms with Gasteiger partial charge >= 0.3 is 0 Å². The van der Waals surface area contributed by atoms with Crippen molar-refractivity contribution < 1.29 is 14.2 Å². The van der Waals surface area contributed by atoms with Crippen molar-refractivity contribution >= 4 is 10.9 Å². The Morgan fingerprint density at radius 3 is 2.59 bits per heavy atom. The third kappa shape index (κ3) is 4.35. The molecule has 1 aromatic heterocycles. The number of hydrogen-bond donors (Lipinski definition) is 1. The Kier molecular flexibility index (Phi) is 5.96. The van der Waals surface area contributed by atoms with Crippen molar-refractivity contribution in [2.75, 3.05) is 20.8 Å². The van der Waals surface area contributed by atoms with Crippen LogP contribution >= 0.6 is 0 Å². The Balaban J connectivity index is 1.67. The van der Waals surface area contributed by atoms with Crippen LogP contribution in [0.2, 0.25) is 0 Å². The van der Waals surface area contributed by atoms with Crippen LogP contribution in [0.4, 0.5) is 0 Å². The van der Waals surface area contributed by atoms with E-state index in [1.165, 1.54) is 5.56 Å². The zero-order chi connectivity index (χ0) is 20.1. The minimum atomic E-state index is -0.0709. The molecule has 5 nitrogen and oxygen atoms in total. The van der Waals surface area contributed by atoms with Gasteiger partial charge in [0.05, 0.1) is 32.4 Å². The Bertz CT molecular complexity index is 975. The molecule has 1 N–H and O–H groups in total. The van der Waals surface area contributed by atoms with E-state index in [1.54, 1.807) is 14.2 Å². The second-order valence-corrected chi connectivity index (χ2v) is 7.14. The third-order valence-electron chi connectivity index (χ3n) is 5.30. The summed E-state index contributed by atoms with van der Waals surface area (Å²) in [7, 11) is 3.32. The number of rotatable bonds is 7. The van der Waals surface area contributed by atoms with Gasteiger partial charge in [-0.3, -0.25) is 4.98 Å². The molecule has 150 valence electrons. The first-order chi connectivity index (χ1) is 14.3. The topological polar surface area (TPSA) is 52.6 Å². The van der Waals surface area contributed by atoms with E-state index in [1.807, 2.05) is 42.7 Å². The molecular formula is C24H26N2O3. The van der Waals surface area contributed by atoms with Gasteiger partial charge in [-0.2, -0.15) is 0 Å². The summed E-state index contributed by atoms with van der Waals surface area (Å²) in [5.74, 6) is 1.81. The number of fused-ring (bicyclic) bond motifs is 1. The Morgan fingerprint density at radius 1 is 1.07 bits per heavy atom. The first kappa shape index (κ1) is 19.3. The van der Waals surface area contributed by atoms with Gasteiger partial charge in [-0.1, -0.05) is 24.3 Å². The summed E-state index contributed by atoms with van der Waals surface area (Å²) < 4.78 is 17.3. The van der Waals surface area contributed by atoms with Gasteiger partial charge in [0.1, 0.15) is 11.5 Å². The molecule has 2 heterocycles. The first-order valence-electron chi connectivity index (χ1n) is 9.86. The number of nitrogens with one attached hydrogen (secondary N) is 1. The molecule has 2 aromatic carbocycles. The molecule has 29 heavy (non-hydrogen) atoms. The SMILES string of the molecule is COc1cc(COC(c2ccnc3ccccc23)C2C=CNCC2)cc(OC)c1. The highest BCUT2D eigenvalue weighted by atomic mass is 16.5. The summed E-state index contributed by atoms with van der Waals surface area (Å²) in [4.78, 5) is 4.51. The molecule has 2 unspecified atom stereocenters. The number of para-hydroxylation sites is 1. The fourth-order valence-electron chi connectivity index (χ4n) is 3.82. The van der Waals surface area contributed by atoms with E-state index in [0.29, 0.717) is 6.61 Å². The smallest absolute Gasteiger partial charge is 0.122 e. The molecule has 2 atom stereocenters. The van der Waals surface area contributed by atoms with E-state index in [2.05, 4.69) is 34.6 Å². The quantitative estimate of drug-likeness (QED) is 0.637. The van der Waals surface area contributed by atoms with Crippen molar-refractivity contribution in [3.05, 3.63) is 78.1 Å². The predicted molar refractivity (Wildman–Crippen MR) is 114 cm³/mol. The lowest BCUT2D eigenvalue weighted by molar-refractivity contribution is 0.00964. The van der Waals surface area contributed by atoms with Crippen molar-refractivity contribution in [2.45, 2.75) is 19.1 Å². The predicted octanol–water partition coefficient (Wildman–Crippen LogP) is 4.63. The second-order valence-electron chi connectivity index (χ2n) is 7.14. The fourth-order valence-corrected chi connectivity index (χ4v) is 3.82. The van der Waals surface area contributed by atoms with Crippen molar-refractivity contribution in [1.29, 1.82) is 0 Å². The largest absolute Gasteiger partial charge is 0.497 e. The van der Waals surface area contributed by atoms with Gasteiger partial charge in [0, 0.05) is 30.1 Å². The molecule has 1 aliphatic rings. The van der Waals surface area contributed by atoms with Gasteiger partial charge < -0.3 is 19.5 Å². The molecule has 0 bridgehead atoms. The van der Waals surface area contributed by atoms with E-state index in [4.69, 9.17) is 14.2 Å². The van der Waals surface area contributed by atoms with Crippen LogP contribution in [0.3, 0.4) is 0 Å². The van der Waals surface area contributed by atoms with Crippen LogP contribution in [-0.4, -0.2) is 25.7 Å². The van der Waals surface area contributed by atoms with Crippen molar-refractivity contribution in [2.24, 2.45) is 5.92 Å². The minimum absolute atomic E-state index is 0.0709. The van der Waals surface area contributed by atoms with E-state index in [9.17, 15) is 0 Å². The maximum absolute atomic E-state index is 6.54. The molecular weight excluding hydrogens is 364 g/mol. The van der Waals surface area contributed by atoms with Crippen molar-refractivity contribution in [3.8, 4) is 11.5 Å². The summed E-state index contributed by atoms with van der Waals surface area (Å²) >= 11 is 0. The van der Waals surface area contributed by atoms with Crippen LogP contribution in [-0.2, 0) is 11.3 Å². The molecule has 0 radical (unpaired) electrons. The van der Waals surface area contributed by atoms with Crippen LogP contribution in [0.5, 0.6) is 11.5 Å². The van der Waals surface area contributed by atoms with Crippen LogP contribution in [0.25, 0.3) is 10.9 Å². The molecule has 4 rings (SSSR count). The van der Waals surface area contributed by atoms with Gasteiger partial charge in [0.15, 0.2) is 0 Å². The van der Waals surface area contributed by atoms with Gasteiger partial charge in [0.2, 0.25) is 0 Å². The normalized spacial score (nSPS) is 17.0. The van der Waals surface area contributed by atoms with E-state index in [0.717, 1.165) is 40.9 Å². The average Bonchev–Trinajstić information content (AvgIpc) is 2.79. The highest BCUT2D eigenvalue weighted by Gasteiger charge is 2.25. The third-order valence-corrected chi connectivity index (χ3v) is 5.30. The maximum atomic E-state index is 6.54. The zero-order valence-electron chi connectivity index (χ0n) is 16.8. The van der Waals surface area contributed by atoms with Gasteiger partial charge in [0.25, 0.3) is 0 Å². The molecule has 0 saturated carbocycles. The van der Waals surface area contributed by atoms with Crippen molar-refractivity contribution in [3.63, 3.8) is 0 Å². The minimum Gasteiger partial charge on any atom is -0.497 e. The number of nitrogens with zero attached hydrogens (tertiary/aromatic N) is 1. The number of pyridine rings is 1. The maximum Gasteiger partial charge on any atom is 0.122 e. The monoisotopic (exact) mass is 390 g/mol. The van der Waals surface area contributed by atoms with Gasteiger partial charge in [-0.05, 0) is 48.0 Å². The number of aromatic nitrogens is 1. The summed E-state index contributed by atoms with van der Waals surface area (Å²) in [6.45, 7) is 1.41. The molecule has 0 saturated heterocycles. The average molecular weight is 390 g/mol. The second kappa shape index (κ2) is 8.97. The summed E-state index contributed by atoms with van der Waals surface area (Å²) in [5.41, 5.74) is 3.17. The highest BCUT2D eigenvalue weighted by molar-refractivity contribution is 5.82. The van der Waals surface area contributed by atoms with Gasteiger partial charge in [-0.25, -0.2) is 0 Å². The Hall–Kier alpha value is -3.05. The Labute approximate surface area is 171 Å². The molecule has 3 aromatic rings. The summed E-state index contributed by atoms with van der Waals surface area (Å²) in [6, 6.07) is 16.2. The number of methoxy groups -OCH3 is 2. The molecule has 0 fully saturated rings. The lowest BCUT2D eigenvalue weighted by Gasteiger charge is -2.29. The molecule has 0 spiro atoms. The van der Waals surface area contributed by atoms with E-state index < -0.39 is 0 Å². The number of hydrogen-bond acceptors (Lipinski definition) is 5. The van der Waals surface area contributed by atoms with E-state index >= 15 is 0 Å². The molecule has 0 aliphatic carbocycles. The van der Waals surface area contributed by atoms with Crippen LogP contribution < -0.4 is 14.8 Å². The van der Waals surface area contributed by atoms with Crippen molar-refractivity contribution in [1.82, 2.24) is 10.3 Å². The highest BCUT2D eigenvalue weighted by Crippen LogP contribution is 2.35. The van der Waals surface area contributed by atoms with Crippen LogP contribution in [0.15, 0.2) is 67.0 Å². The molecule has 5 heteroatoms. The Morgan fingerprint density at radius 2 is 1.86 bits per heavy atom. The summed E-state index contributed by atoms with van der Waals surface area (Å²) in [6.07, 6.45) is 7.04. The number of ether oxygens (including phenoxy) is 3. The van der Waals surface area contributed by atoms with Crippen LogP contribution in [0.1, 0.15) is 23.7 Å². The number of benzene rings is 2. The van der Waals surface area contributed by atoms with Crippen LogP contribution in [0, 0.1) is 5.92 Å². The standard InChI is InChI=1S/C24H26N2O3/c1-27-19-13-17(14-20(15-19)28-2)16-29-24(18-7-10-25-11-8-18)22-9-12-26-23-6-4-3-5-21(22)23/h3-7,9-10,12-15,18,24-25H,8,11,16H2,1-2H3. The lowest BCUT2D eigenvalue weighted by atomic mass is 9.89.